The molecule has 2 unspecified atom stereocenters. The van der Waals surface area contributed by atoms with Crippen molar-refractivity contribution >= 4 is 18.0 Å². The standard InChI is InChI=1S/C19H22N6O5/c26-11-16-20-8-9-23(16)18(28)22-21-17(27)15-7-6-14-10-24(15)19(29)25(14)30-12-13-4-2-1-3-5-13/h1-5,8-9,14-15,26H,6-7,10-12H2,(H,21,27)(H,22,28). The van der Waals surface area contributed by atoms with Crippen LogP contribution in [-0.4, -0.2) is 61.2 Å². The van der Waals surface area contributed by atoms with Crippen LogP contribution in [0.15, 0.2) is 42.7 Å². The van der Waals surface area contributed by atoms with E-state index in [0.29, 0.717) is 19.4 Å². The third kappa shape index (κ3) is 3.84. The topological polar surface area (TPSA) is 129 Å². The van der Waals surface area contributed by atoms with Gasteiger partial charge in [-0.1, -0.05) is 30.3 Å². The molecule has 4 amide bonds. The lowest BCUT2D eigenvalue weighted by molar-refractivity contribution is -0.140. The first-order chi connectivity index (χ1) is 14.6. The number of imidazole rings is 1. The highest BCUT2D eigenvalue weighted by atomic mass is 16.7. The van der Waals surface area contributed by atoms with Crippen LogP contribution in [0, 0.1) is 0 Å². The molecular formula is C19H22N6O5. The molecule has 1 aromatic heterocycles. The molecule has 2 aliphatic rings. The van der Waals surface area contributed by atoms with Crippen molar-refractivity contribution in [1.29, 1.82) is 0 Å². The molecule has 0 aliphatic carbocycles. The number of carbonyl (C=O) groups excluding carboxylic acids is 3. The first-order valence-electron chi connectivity index (χ1n) is 9.58. The number of benzene rings is 1. The number of carbonyl (C=O) groups is 3. The van der Waals surface area contributed by atoms with Crippen LogP contribution in [0.3, 0.4) is 0 Å². The van der Waals surface area contributed by atoms with E-state index >= 15 is 0 Å². The van der Waals surface area contributed by atoms with E-state index in [-0.39, 0.29) is 24.5 Å². The molecule has 2 aromatic rings. The van der Waals surface area contributed by atoms with E-state index in [1.165, 1.54) is 22.4 Å². The summed E-state index contributed by atoms with van der Waals surface area (Å²) < 4.78 is 1.08. The van der Waals surface area contributed by atoms with Gasteiger partial charge in [0.2, 0.25) is 0 Å². The van der Waals surface area contributed by atoms with Gasteiger partial charge in [-0.15, -0.1) is 0 Å². The second-order valence-electron chi connectivity index (χ2n) is 7.06. The fraction of sp³-hybridized carbons (Fsp3) is 0.368. The van der Waals surface area contributed by atoms with Crippen molar-refractivity contribution in [3.05, 3.63) is 54.1 Å². The maximum Gasteiger partial charge on any atom is 0.345 e. The van der Waals surface area contributed by atoms with Crippen LogP contribution in [-0.2, 0) is 22.8 Å². The normalized spacial score (nSPS) is 20.4. The summed E-state index contributed by atoms with van der Waals surface area (Å²) in [5.74, 6) is -0.353. The number of hydrogen-bond donors (Lipinski definition) is 3. The van der Waals surface area contributed by atoms with Crippen molar-refractivity contribution < 1.29 is 24.3 Å². The largest absolute Gasteiger partial charge is 0.388 e. The third-order valence-electron chi connectivity index (χ3n) is 5.21. The lowest BCUT2D eigenvalue weighted by atomic mass is 10.0. The van der Waals surface area contributed by atoms with E-state index in [1.54, 1.807) is 0 Å². The van der Waals surface area contributed by atoms with E-state index < -0.39 is 24.6 Å². The summed E-state index contributed by atoms with van der Waals surface area (Å²) in [7, 11) is 0. The summed E-state index contributed by atoms with van der Waals surface area (Å²) in [6.45, 7) is 0.233. The van der Waals surface area contributed by atoms with E-state index in [0.717, 1.165) is 10.1 Å². The Hall–Kier alpha value is -3.44. The van der Waals surface area contributed by atoms with E-state index in [4.69, 9.17) is 9.94 Å². The van der Waals surface area contributed by atoms with Crippen molar-refractivity contribution in [2.75, 3.05) is 6.54 Å². The summed E-state index contributed by atoms with van der Waals surface area (Å²) in [6, 6.07) is 7.67. The number of urea groups is 1. The fourth-order valence-corrected chi connectivity index (χ4v) is 3.68. The second kappa shape index (κ2) is 8.51. The minimum Gasteiger partial charge on any atom is -0.388 e. The summed E-state index contributed by atoms with van der Waals surface area (Å²) >= 11 is 0. The van der Waals surface area contributed by atoms with Crippen molar-refractivity contribution in [3.8, 4) is 0 Å². The summed E-state index contributed by atoms with van der Waals surface area (Å²) in [4.78, 5) is 48.5. The number of aliphatic hydroxyl groups is 1. The Kier molecular flexibility index (Phi) is 5.63. The van der Waals surface area contributed by atoms with E-state index in [2.05, 4.69) is 15.8 Å². The zero-order valence-corrected chi connectivity index (χ0v) is 16.1. The van der Waals surface area contributed by atoms with Gasteiger partial charge in [0.1, 0.15) is 25.1 Å². The van der Waals surface area contributed by atoms with Crippen LogP contribution in [0.5, 0.6) is 0 Å². The third-order valence-corrected chi connectivity index (χ3v) is 5.21. The Balaban J connectivity index is 1.33. The number of aliphatic hydroxyl groups excluding tert-OH is 1. The molecule has 2 fully saturated rings. The Morgan fingerprint density at radius 2 is 2.00 bits per heavy atom. The lowest BCUT2D eigenvalue weighted by Gasteiger charge is -2.29. The predicted octanol–water partition coefficient (Wildman–Crippen LogP) is 0.365. The SMILES string of the molecule is O=C(NNC(=O)n1ccnc1CO)C1CCC2CN1C(=O)N2OCc1ccccc1. The zero-order valence-electron chi connectivity index (χ0n) is 16.1. The van der Waals surface area contributed by atoms with E-state index in [9.17, 15) is 14.4 Å². The Labute approximate surface area is 172 Å². The number of fused-ring (bicyclic) bond motifs is 2. The maximum absolute atomic E-state index is 12.8. The summed E-state index contributed by atoms with van der Waals surface area (Å²) in [6.07, 6.45) is 3.79. The average molecular weight is 414 g/mol. The van der Waals surface area contributed by atoms with Gasteiger partial charge in [-0.25, -0.2) is 20.0 Å². The quantitative estimate of drug-likeness (QED) is 0.606. The molecule has 3 heterocycles. The monoisotopic (exact) mass is 414 g/mol. The minimum atomic E-state index is -0.709. The fourth-order valence-electron chi connectivity index (χ4n) is 3.68. The van der Waals surface area contributed by atoms with Crippen LogP contribution < -0.4 is 10.9 Å². The van der Waals surface area contributed by atoms with E-state index in [1.807, 2.05) is 30.3 Å². The molecule has 11 nitrogen and oxygen atoms in total. The molecular weight excluding hydrogens is 392 g/mol. The van der Waals surface area contributed by atoms with Crippen molar-refractivity contribution in [3.63, 3.8) is 0 Å². The van der Waals surface area contributed by atoms with Crippen molar-refractivity contribution in [2.24, 2.45) is 0 Å². The van der Waals surface area contributed by atoms with Gasteiger partial charge in [0, 0.05) is 18.9 Å². The molecule has 2 atom stereocenters. The van der Waals surface area contributed by atoms with Crippen molar-refractivity contribution in [1.82, 2.24) is 30.4 Å². The number of piperidine rings is 1. The summed E-state index contributed by atoms with van der Waals surface area (Å²) in [5, 5.41) is 10.5. The van der Waals surface area contributed by atoms with Crippen LogP contribution in [0.1, 0.15) is 24.2 Å². The highest BCUT2D eigenvalue weighted by molar-refractivity contribution is 5.90. The number of hydroxylamine groups is 2. The Bertz CT molecular complexity index is 933. The van der Waals surface area contributed by atoms with Gasteiger partial charge in [-0.05, 0) is 18.4 Å². The molecule has 2 bridgehead atoms. The maximum atomic E-state index is 12.8. The number of nitrogens with one attached hydrogen (secondary N) is 2. The van der Waals surface area contributed by atoms with Crippen LogP contribution in [0.4, 0.5) is 9.59 Å². The Morgan fingerprint density at radius 3 is 2.77 bits per heavy atom. The van der Waals surface area contributed by atoms with Gasteiger partial charge in [0.05, 0.1) is 6.04 Å². The van der Waals surface area contributed by atoms with Gasteiger partial charge < -0.3 is 10.0 Å². The molecule has 30 heavy (non-hydrogen) atoms. The zero-order chi connectivity index (χ0) is 21.1. The molecule has 3 N–H and O–H groups in total. The molecule has 1 aromatic carbocycles. The number of aromatic nitrogens is 2. The molecule has 4 rings (SSSR count). The smallest absolute Gasteiger partial charge is 0.345 e. The van der Waals surface area contributed by atoms with Gasteiger partial charge in [-0.3, -0.25) is 19.6 Å². The molecule has 11 heteroatoms. The number of hydrogen-bond acceptors (Lipinski definition) is 6. The first-order valence-corrected chi connectivity index (χ1v) is 9.58. The highest BCUT2D eigenvalue weighted by Gasteiger charge is 2.48. The van der Waals surface area contributed by atoms with Crippen LogP contribution in [0.25, 0.3) is 0 Å². The van der Waals surface area contributed by atoms with Crippen LogP contribution >= 0.6 is 0 Å². The molecule has 0 spiro atoms. The lowest BCUT2D eigenvalue weighted by Crippen LogP contribution is -2.54. The molecule has 2 aliphatic heterocycles. The highest BCUT2D eigenvalue weighted by Crippen LogP contribution is 2.30. The number of amides is 4. The number of hydrazine groups is 1. The number of rotatable bonds is 5. The first kappa shape index (κ1) is 19.9. The molecule has 0 radical (unpaired) electrons. The van der Waals surface area contributed by atoms with Crippen molar-refractivity contribution in [2.45, 2.75) is 38.1 Å². The average Bonchev–Trinajstić information content (AvgIpc) is 3.35. The van der Waals surface area contributed by atoms with Crippen LogP contribution in [0.2, 0.25) is 0 Å². The van der Waals surface area contributed by atoms with Gasteiger partial charge in [0.25, 0.3) is 5.91 Å². The molecule has 2 saturated heterocycles. The molecule has 158 valence electrons. The van der Waals surface area contributed by atoms with Gasteiger partial charge >= 0.3 is 12.1 Å². The second-order valence-corrected chi connectivity index (χ2v) is 7.06. The number of nitrogens with zero attached hydrogens (tertiary/aromatic N) is 4. The van der Waals surface area contributed by atoms with Gasteiger partial charge in [0.15, 0.2) is 0 Å². The minimum absolute atomic E-state index is 0.113. The van der Waals surface area contributed by atoms with Gasteiger partial charge in [-0.2, -0.15) is 5.06 Å². The summed E-state index contributed by atoms with van der Waals surface area (Å²) in [5.41, 5.74) is 5.57. The predicted molar refractivity (Wildman–Crippen MR) is 102 cm³/mol. The Morgan fingerprint density at radius 1 is 1.20 bits per heavy atom. The molecule has 0 saturated carbocycles.